The number of aliphatic hydroxyl groups excluding tert-OH is 1. The lowest BCUT2D eigenvalue weighted by atomic mass is 10.2. The first-order valence-corrected chi connectivity index (χ1v) is 8.20. The number of benzene rings is 2. The molecule has 1 aliphatic rings. The van der Waals surface area contributed by atoms with Crippen molar-refractivity contribution in [1.29, 1.82) is 0 Å². The average Bonchev–Trinajstić information content (AvgIpc) is 2.78. The summed E-state index contributed by atoms with van der Waals surface area (Å²) in [5.74, 6) is 0. The van der Waals surface area contributed by atoms with E-state index >= 15 is 0 Å². The van der Waals surface area contributed by atoms with Gasteiger partial charge in [0, 0.05) is 19.6 Å². The second kappa shape index (κ2) is 7.99. The lowest BCUT2D eigenvalue weighted by Crippen LogP contribution is -2.35. The maximum Gasteiger partial charge on any atom is 0.0948 e. The van der Waals surface area contributed by atoms with Crippen LogP contribution in [0.2, 0.25) is 0 Å². The van der Waals surface area contributed by atoms with Crippen molar-refractivity contribution >= 4 is 11.4 Å². The van der Waals surface area contributed by atoms with Gasteiger partial charge < -0.3 is 20.1 Å². The van der Waals surface area contributed by atoms with E-state index in [1.54, 1.807) is 0 Å². The lowest BCUT2D eigenvalue weighted by Gasteiger charge is -2.27. The Hall–Kier alpha value is -2.04. The van der Waals surface area contributed by atoms with Crippen molar-refractivity contribution in [2.45, 2.75) is 19.1 Å². The first-order valence-electron chi connectivity index (χ1n) is 8.20. The van der Waals surface area contributed by atoms with Crippen LogP contribution in [-0.4, -0.2) is 37.5 Å². The van der Waals surface area contributed by atoms with Crippen LogP contribution in [0.1, 0.15) is 12.0 Å². The molecule has 2 aromatic rings. The SMILES string of the molecule is OC(COCc1ccccc1)CN1CCCNc2ccccc21. The molecular weight excluding hydrogens is 288 g/mol. The minimum atomic E-state index is -0.495. The number of aliphatic hydroxyl groups is 1. The third-order valence-electron chi connectivity index (χ3n) is 4.02. The Balaban J connectivity index is 1.52. The number of ether oxygens (including phenoxy) is 1. The quantitative estimate of drug-likeness (QED) is 0.861. The number of anilines is 2. The highest BCUT2D eigenvalue weighted by molar-refractivity contribution is 5.70. The standard InChI is InChI=1S/C19H24N2O2/c22-17(15-23-14-16-7-2-1-3-8-16)13-21-12-6-11-20-18-9-4-5-10-19(18)21/h1-5,7-10,17,20,22H,6,11-15H2. The molecular formula is C19H24N2O2. The second-order valence-electron chi connectivity index (χ2n) is 5.90. The highest BCUT2D eigenvalue weighted by Gasteiger charge is 2.17. The van der Waals surface area contributed by atoms with Gasteiger partial charge in [-0.05, 0) is 24.1 Å². The summed E-state index contributed by atoms with van der Waals surface area (Å²) >= 11 is 0. The van der Waals surface area contributed by atoms with Crippen LogP contribution in [0, 0.1) is 0 Å². The van der Waals surface area contributed by atoms with Crippen LogP contribution in [0.5, 0.6) is 0 Å². The highest BCUT2D eigenvalue weighted by Crippen LogP contribution is 2.27. The van der Waals surface area contributed by atoms with E-state index in [0.29, 0.717) is 19.8 Å². The summed E-state index contributed by atoms with van der Waals surface area (Å²) in [5.41, 5.74) is 3.43. The van der Waals surface area contributed by atoms with Crippen molar-refractivity contribution in [3.8, 4) is 0 Å². The van der Waals surface area contributed by atoms with Gasteiger partial charge in [-0.2, -0.15) is 0 Å². The van der Waals surface area contributed by atoms with Gasteiger partial charge in [-0.3, -0.25) is 0 Å². The molecule has 3 rings (SSSR count). The Labute approximate surface area is 137 Å². The minimum Gasteiger partial charge on any atom is -0.389 e. The molecule has 1 atom stereocenters. The van der Waals surface area contributed by atoms with E-state index in [2.05, 4.69) is 22.3 Å². The fraction of sp³-hybridized carbons (Fsp3) is 0.368. The van der Waals surface area contributed by atoms with Gasteiger partial charge in [0.1, 0.15) is 0 Å². The van der Waals surface area contributed by atoms with Gasteiger partial charge in [0.05, 0.1) is 30.7 Å². The van der Waals surface area contributed by atoms with Crippen molar-refractivity contribution in [3.63, 3.8) is 0 Å². The van der Waals surface area contributed by atoms with Crippen LogP contribution >= 0.6 is 0 Å². The van der Waals surface area contributed by atoms with E-state index in [4.69, 9.17) is 4.74 Å². The molecule has 122 valence electrons. The number of para-hydroxylation sites is 2. The van der Waals surface area contributed by atoms with Crippen LogP contribution in [0.15, 0.2) is 54.6 Å². The van der Waals surface area contributed by atoms with E-state index in [-0.39, 0.29) is 0 Å². The Kier molecular flexibility index (Phi) is 5.51. The Morgan fingerprint density at radius 1 is 1.09 bits per heavy atom. The van der Waals surface area contributed by atoms with E-state index in [0.717, 1.165) is 36.4 Å². The molecule has 2 aromatic carbocycles. The molecule has 1 unspecified atom stereocenters. The van der Waals surface area contributed by atoms with Gasteiger partial charge >= 0.3 is 0 Å². The average molecular weight is 312 g/mol. The largest absolute Gasteiger partial charge is 0.389 e. The van der Waals surface area contributed by atoms with E-state index in [1.807, 2.05) is 42.5 Å². The highest BCUT2D eigenvalue weighted by atomic mass is 16.5. The fourth-order valence-electron chi connectivity index (χ4n) is 2.90. The van der Waals surface area contributed by atoms with Crippen molar-refractivity contribution in [1.82, 2.24) is 0 Å². The summed E-state index contributed by atoms with van der Waals surface area (Å²) in [5, 5.41) is 13.7. The normalized spacial score (nSPS) is 15.4. The zero-order valence-corrected chi connectivity index (χ0v) is 13.3. The van der Waals surface area contributed by atoms with Gasteiger partial charge in [0.2, 0.25) is 0 Å². The summed E-state index contributed by atoms with van der Waals surface area (Å²) < 4.78 is 5.65. The van der Waals surface area contributed by atoms with Gasteiger partial charge in [-0.15, -0.1) is 0 Å². The topological polar surface area (TPSA) is 44.7 Å². The van der Waals surface area contributed by atoms with Gasteiger partial charge in [0.25, 0.3) is 0 Å². The van der Waals surface area contributed by atoms with E-state index in [1.165, 1.54) is 0 Å². The molecule has 0 spiro atoms. The molecule has 0 saturated heterocycles. The minimum absolute atomic E-state index is 0.348. The van der Waals surface area contributed by atoms with Crippen molar-refractivity contribution in [3.05, 3.63) is 60.2 Å². The molecule has 0 saturated carbocycles. The maximum atomic E-state index is 10.3. The Bertz CT molecular complexity index is 603. The molecule has 4 heteroatoms. The van der Waals surface area contributed by atoms with Gasteiger partial charge in [-0.25, -0.2) is 0 Å². The summed E-state index contributed by atoms with van der Waals surface area (Å²) in [6, 6.07) is 18.3. The molecule has 1 aliphatic heterocycles. The smallest absolute Gasteiger partial charge is 0.0948 e. The summed E-state index contributed by atoms with van der Waals surface area (Å²) in [4.78, 5) is 2.24. The number of β-amino-alcohol motifs (C(OH)–C–C–N with tert-alkyl or cyclic N) is 1. The van der Waals surface area contributed by atoms with Crippen molar-refractivity contribution < 1.29 is 9.84 Å². The van der Waals surface area contributed by atoms with Crippen molar-refractivity contribution in [2.24, 2.45) is 0 Å². The summed E-state index contributed by atoms with van der Waals surface area (Å²) in [6.45, 7) is 3.39. The third kappa shape index (κ3) is 4.47. The van der Waals surface area contributed by atoms with Crippen LogP contribution in [0.4, 0.5) is 11.4 Å². The molecule has 23 heavy (non-hydrogen) atoms. The fourth-order valence-corrected chi connectivity index (χ4v) is 2.90. The molecule has 0 fully saturated rings. The van der Waals surface area contributed by atoms with Crippen LogP contribution in [0.25, 0.3) is 0 Å². The molecule has 4 nitrogen and oxygen atoms in total. The Morgan fingerprint density at radius 3 is 2.74 bits per heavy atom. The lowest BCUT2D eigenvalue weighted by molar-refractivity contribution is 0.0320. The summed E-state index contributed by atoms with van der Waals surface area (Å²) in [7, 11) is 0. The molecule has 2 N–H and O–H groups in total. The zero-order chi connectivity index (χ0) is 15.9. The molecule has 0 aromatic heterocycles. The second-order valence-corrected chi connectivity index (χ2v) is 5.90. The van der Waals surface area contributed by atoms with Crippen LogP contribution < -0.4 is 10.2 Å². The predicted molar refractivity (Wildman–Crippen MR) is 93.9 cm³/mol. The number of nitrogens with zero attached hydrogens (tertiary/aromatic N) is 1. The van der Waals surface area contributed by atoms with Crippen molar-refractivity contribution in [2.75, 3.05) is 36.5 Å². The number of nitrogens with one attached hydrogen (secondary N) is 1. The number of rotatable bonds is 6. The maximum absolute atomic E-state index is 10.3. The number of hydrogen-bond acceptors (Lipinski definition) is 4. The zero-order valence-electron chi connectivity index (χ0n) is 13.3. The van der Waals surface area contributed by atoms with Crippen LogP contribution in [-0.2, 0) is 11.3 Å². The first kappa shape index (κ1) is 15.8. The molecule has 0 radical (unpaired) electrons. The monoisotopic (exact) mass is 312 g/mol. The first-order chi connectivity index (χ1) is 11.3. The Morgan fingerprint density at radius 2 is 1.87 bits per heavy atom. The van der Waals surface area contributed by atoms with Crippen LogP contribution in [0.3, 0.4) is 0 Å². The molecule has 0 bridgehead atoms. The number of fused-ring (bicyclic) bond motifs is 1. The van der Waals surface area contributed by atoms with E-state index < -0.39 is 6.10 Å². The van der Waals surface area contributed by atoms with Gasteiger partial charge in [-0.1, -0.05) is 42.5 Å². The van der Waals surface area contributed by atoms with E-state index in [9.17, 15) is 5.11 Å². The molecule has 0 amide bonds. The molecule has 1 heterocycles. The number of hydrogen-bond donors (Lipinski definition) is 2. The predicted octanol–water partition coefficient (Wildman–Crippen LogP) is 2.89. The summed E-state index contributed by atoms with van der Waals surface area (Å²) in [6.07, 6.45) is 0.566. The molecule has 0 aliphatic carbocycles. The third-order valence-corrected chi connectivity index (χ3v) is 4.02. The van der Waals surface area contributed by atoms with Gasteiger partial charge in [0.15, 0.2) is 0 Å².